The van der Waals surface area contributed by atoms with E-state index >= 15 is 0 Å². The predicted octanol–water partition coefficient (Wildman–Crippen LogP) is 5.27. The molecule has 2 aliphatic rings. The highest BCUT2D eigenvalue weighted by Gasteiger charge is 2.37. The van der Waals surface area contributed by atoms with E-state index in [-0.39, 0.29) is 0 Å². The van der Waals surface area contributed by atoms with Crippen LogP contribution < -0.4 is 4.90 Å². The summed E-state index contributed by atoms with van der Waals surface area (Å²) in [7, 11) is 0. The molecule has 1 aliphatic carbocycles. The standard InChI is InChI=1S/C22H28N2/c1-2-7-19(8-3-1)22-16-20(22)9-4-6-18-11-14-24(15-12-18)21-10-5-13-23-17-21/h1-3,5,7-8,10,13,17-18,20,22H,4,6,9,11-12,14-16H2/t20-,22+/m1/s1. The first-order valence-electron chi connectivity index (χ1n) is 9.60. The van der Waals surface area contributed by atoms with Crippen LogP contribution in [-0.4, -0.2) is 18.1 Å². The Bertz CT molecular complexity index is 617. The van der Waals surface area contributed by atoms with Crippen molar-refractivity contribution in [2.24, 2.45) is 11.8 Å². The highest BCUT2D eigenvalue weighted by Crippen LogP contribution is 2.50. The molecule has 4 rings (SSSR count). The van der Waals surface area contributed by atoms with Crippen molar-refractivity contribution in [2.75, 3.05) is 18.0 Å². The molecule has 2 atom stereocenters. The molecule has 2 heteroatoms. The number of piperidine rings is 1. The van der Waals surface area contributed by atoms with Crippen molar-refractivity contribution in [3.8, 4) is 0 Å². The lowest BCUT2D eigenvalue weighted by Crippen LogP contribution is -2.33. The molecule has 0 bridgehead atoms. The largest absolute Gasteiger partial charge is 0.370 e. The summed E-state index contributed by atoms with van der Waals surface area (Å²) in [5.74, 6) is 2.76. The van der Waals surface area contributed by atoms with E-state index in [1.165, 1.54) is 57.3 Å². The third-order valence-electron chi connectivity index (χ3n) is 5.96. The minimum Gasteiger partial charge on any atom is -0.370 e. The number of benzene rings is 1. The van der Waals surface area contributed by atoms with Gasteiger partial charge in [0.25, 0.3) is 0 Å². The molecule has 0 spiro atoms. The maximum Gasteiger partial charge on any atom is 0.0552 e. The van der Waals surface area contributed by atoms with Gasteiger partial charge in [0.05, 0.1) is 11.9 Å². The normalized spacial score (nSPS) is 24.1. The van der Waals surface area contributed by atoms with E-state index in [9.17, 15) is 0 Å². The Balaban J connectivity index is 1.15. The summed E-state index contributed by atoms with van der Waals surface area (Å²) in [4.78, 5) is 6.74. The molecular formula is C22H28N2. The Morgan fingerprint density at radius 1 is 0.958 bits per heavy atom. The van der Waals surface area contributed by atoms with Gasteiger partial charge in [0.2, 0.25) is 0 Å². The van der Waals surface area contributed by atoms with E-state index in [4.69, 9.17) is 0 Å². The number of hydrogen-bond acceptors (Lipinski definition) is 2. The van der Waals surface area contributed by atoms with E-state index < -0.39 is 0 Å². The maximum absolute atomic E-state index is 4.25. The molecule has 1 saturated heterocycles. The van der Waals surface area contributed by atoms with Gasteiger partial charge in [-0.05, 0) is 61.1 Å². The molecule has 1 saturated carbocycles. The number of rotatable bonds is 6. The monoisotopic (exact) mass is 320 g/mol. The lowest BCUT2D eigenvalue weighted by Gasteiger charge is -2.33. The van der Waals surface area contributed by atoms with Crippen LogP contribution in [0.5, 0.6) is 0 Å². The van der Waals surface area contributed by atoms with Crippen molar-refractivity contribution in [3.63, 3.8) is 0 Å². The molecule has 24 heavy (non-hydrogen) atoms. The molecule has 0 unspecified atom stereocenters. The second kappa shape index (κ2) is 7.38. The van der Waals surface area contributed by atoms with Gasteiger partial charge >= 0.3 is 0 Å². The second-order valence-corrected chi connectivity index (χ2v) is 7.59. The number of pyridine rings is 1. The van der Waals surface area contributed by atoms with Crippen LogP contribution in [0, 0.1) is 11.8 Å². The summed E-state index contributed by atoms with van der Waals surface area (Å²) >= 11 is 0. The first-order chi connectivity index (χ1) is 11.9. The number of anilines is 1. The fourth-order valence-electron chi connectivity index (χ4n) is 4.36. The number of nitrogens with zero attached hydrogens (tertiary/aromatic N) is 2. The topological polar surface area (TPSA) is 16.1 Å². The first kappa shape index (κ1) is 15.7. The predicted molar refractivity (Wildman–Crippen MR) is 100 cm³/mol. The van der Waals surface area contributed by atoms with Crippen LogP contribution in [0.4, 0.5) is 5.69 Å². The number of aromatic nitrogens is 1. The van der Waals surface area contributed by atoms with Crippen LogP contribution in [0.25, 0.3) is 0 Å². The van der Waals surface area contributed by atoms with E-state index in [1.807, 2.05) is 18.5 Å². The van der Waals surface area contributed by atoms with Gasteiger partial charge in [-0.2, -0.15) is 0 Å². The SMILES string of the molecule is c1ccc([C@@H]2C[C@H]2CCCC2CCN(c3cccnc3)CC2)cc1. The van der Waals surface area contributed by atoms with Crippen molar-refractivity contribution in [1.29, 1.82) is 0 Å². The minimum atomic E-state index is 0.860. The van der Waals surface area contributed by atoms with Crippen LogP contribution in [0.15, 0.2) is 54.9 Å². The Labute approximate surface area is 145 Å². The van der Waals surface area contributed by atoms with E-state index in [0.29, 0.717) is 0 Å². The molecular weight excluding hydrogens is 292 g/mol. The zero-order chi connectivity index (χ0) is 16.2. The Kier molecular flexibility index (Phi) is 4.82. The van der Waals surface area contributed by atoms with Crippen LogP contribution in [-0.2, 0) is 0 Å². The lowest BCUT2D eigenvalue weighted by molar-refractivity contribution is 0.365. The molecule has 1 aromatic heterocycles. The van der Waals surface area contributed by atoms with E-state index in [1.54, 1.807) is 5.56 Å². The van der Waals surface area contributed by atoms with Gasteiger partial charge in [0.1, 0.15) is 0 Å². The average molecular weight is 320 g/mol. The molecule has 2 heterocycles. The third kappa shape index (κ3) is 3.80. The third-order valence-corrected chi connectivity index (χ3v) is 5.96. The van der Waals surface area contributed by atoms with E-state index in [0.717, 1.165) is 17.8 Å². The quantitative estimate of drug-likeness (QED) is 0.720. The van der Waals surface area contributed by atoms with Crippen LogP contribution in [0.1, 0.15) is 50.0 Å². The summed E-state index contributed by atoms with van der Waals surface area (Å²) < 4.78 is 0. The van der Waals surface area contributed by atoms with Crippen molar-refractivity contribution in [3.05, 3.63) is 60.4 Å². The van der Waals surface area contributed by atoms with Crippen molar-refractivity contribution >= 4 is 5.69 Å². The van der Waals surface area contributed by atoms with Gasteiger partial charge in [0, 0.05) is 19.3 Å². The Morgan fingerprint density at radius 2 is 1.79 bits per heavy atom. The van der Waals surface area contributed by atoms with Gasteiger partial charge < -0.3 is 4.90 Å². The summed E-state index contributed by atoms with van der Waals surface area (Å²) in [6.45, 7) is 2.40. The fraction of sp³-hybridized carbons (Fsp3) is 0.500. The Morgan fingerprint density at radius 3 is 2.54 bits per heavy atom. The molecule has 1 aromatic carbocycles. The number of hydrogen-bond donors (Lipinski definition) is 0. The fourth-order valence-corrected chi connectivity index (χ4v) is 4.36. The highest BCUT2D eigenvalue weighted by molar-refractivity contribution is 5.43. The van der Waals surface area contributed by atoms with Gasteiger partial charge in [-0.25, -0.2) is 0 Å². The Hall–Kier alpha value is -1.83. The molecule has 2 aromatic rings. The second-order valence-electron chi connectivity index (χ2n) is 7.59. The van der Waals surface area contributed by atoms with Gasteiger partial charge in [-0.15, -0.1) is 0 Å². The summed E-state index contributed by atoms with van der Waals surface area (Å²) in [6, 6.07) is 15.3. The lowest BCUT2D eigenvalue weighted by atomic mass is 9.90. The minimum absolute atomic E-state index is 0.860. The van der Waals surface area contributed by atoms with Crippen molar-refractivity contribution < 1.29 is 0 Å². The molecule has 2 fully saturated rings. The maximum atomic E-state index is 4.25. The zero-order valence-electron chi connectivity index (χ0n) is 14.5. The summed E-state index contributed by atoms with van der Waals surface area (Å²) in [5.41, 5.74) is 2.85. The molecule has 2 nitrogen and oxygen atoms in total. The van der Waals surface area contributed by atoms with E-state index in [2.05, 4.69) is 46.3 Å². The summed E-state index contributed by atoms with van der Waals surface area (Å²) in [5, 5.41) is 0. The molecule has 0 amide bonds. The van der Waals surface area contributed by atoms with Gasteiger partial charge in [0.15, 0.2) is 0 Å². The first-order valence-corrected chi connectivity index (χ1v) is 9.60. The molecule has 0 radical (unpaired) electrons. The van der Waals surface area contributed by atoms with Crippen LogP contribution >= 0.6 is 0 Å². The van der Waals surface area contributed by atoms with Crippen LogP contribution in [0.3, 0.4) is 0 Å². The van der Waals surface area contributed by atoms with Crippen molar-refractivity contribution in [2.45, 2.75) is 44.4 Å². The molecule has 126 valence electrons. The smallest absolute Gasteiger partial charge is 0.0552 e. The molecule has 0 N–H and O–H groups in total. The van der Waals surface area contributed by atoms with Crippen molar-refractivity contribution in [1.82, 2.24) is 4.98 Å². The molecule has 1 aliphatic heterocycles. The average Bonchev–Trinajstić information content (AvgIpc) is 3.43. The zero-order valence-corrected chi connectivity index (χ0v) is 14.5. The van der Waals surface area contributed by atoms with Crippen LogP contribution in [0.2, 0.25) is 0 Å². The van der Waals surface area contributed by atoms with Gasteiger partial charge in [-0.3, -0.25) is 4.98 Å². The van der Waals surface area contributed by atoms with Gasteiger partial charge in [-0.1, -0.05) is 43.2 Å². The summed E-state index contributed by atoms with van der Waals surface area (Å²) in [6.07, 6.45) is 12.3. The highest BCUT2D eigenvalue weighted by atomic mass is 15.1.